The standard InChI is InChI=1S/C39H56N/c1-2-3-4-5-6-7-8-9-10-11-12-13-14-15-16-26-33-40(34-37-27-20-17-21-28-37,35-38-29-22-18-23-30-38)36-39-31-24-19-25-32-39/h4-5,17-25,27-32H,2-3,6-16,26,33-36H2,1H3/q+1/b5-4+. The Kier molecular flexibility index (Phi) is 16.2. The summed E-state index contributed by atoms with van der Waals surface area (Å²) in [4.78, 5) is 0. The monoisotopic (exact) mass is 538 g/mol. The fourth-order valence-electron chi connectivity index (χ4n) is 6.02. The third kappa shape index (κ3) is 13.6. The quantitative estimate of drug-likeness (QED) is 0.0678. The number of nitrogens with zero attached hydrogens (tertiary/aromatic N) is 1. The number of rotatable bonds is 22. The van der Waals surface area contributed by atoms with Crippen LogP contribution in [0.2, 0.25) is 0 Å². The zero-order valence-corrected chi connectivity index (χ0v) is 25.5. The molecule has 1 heteroatoms. The number of benzene rings is 3. The lowest BCUT2D eigenvalue weighted by atomic mass is 10.0. The lowest BCUT2D eigenvalue weighted by molar-refractivity contribution is -0.966. The van der Waals surface area contributed by atoms with Gasteiger partial charge in [0.1, 0.15) is 19.6 Å². The Bertz CT molecular complexity index is 907. The van der Waals surface area contributed by atoms with E-state index in [4.69, 9.17) is 0 Å². The number of hydrogen-bond acceptors (Lipinski definition) is 0. The number of quaternary nitrogens is 1. The molecular formula is C39H56N+. The minimum atomic E-state index is 1.08. The largest absolute Gasteiger partial charge is 0.312 e. The van der Waals surface area contributed by atoms with Gasteiger partial charge in [-0.15, -0.1) is 0 Å². The molecule has 0 unspecified atom stereocenters. The van der Waals surface area contributed by atoms with Crippen LogP contribution in [0, 0.1) is 0 Å². The predicted octanol–water partition coefficient (Wildman–Crippen LogP) is 11.4. The molecule has 0 aliphatic heterocycles. The van der Waals surface area contributed by atoms with Crippen molar-refractivity contribution in [2.24, 2.45) is 0 Å². The van der Waals surface area contributed by atoms with E-state index in [9.17, 15) is 0 Å². The summed E-state index contributed by atoms with van der Waals surface area (Å²) in [6.45, 7) is 6.73. The molecule has 0 spiro atoms. The first-order valence-electron chi connectivity index (χ1n) is 16.4. The average Bonchev–Trinajstić information content (AvgIpc) is 2.98. The van der Waals surface area contributed by atoms with Crippen molar-refractivity contribution in [3.63, 3.8) is 0 Å². The van der Waals surface area contributed by atoms with Gasteiger partial charge in [0.05, 0.1) is 6.54 Å². The molecule has 0 aromatic heterocycles. The summed E-state index contributed by atoms with van der Waals surface area (Å²) in [6, 6.07) is 33.5. The van der Waals surface area contributed by atoms with Crippen molar-refractivity contribution in [3.8, 4) is 0 Å². The summed E-state index contributed by atoms with van der Waals surface area (Å²) >= 11 is 0. The van der Waals surface area contributed by atoms with Crippen molar-refractivity contribution in [2.45, 2.75) is 116 Å². The lowest BCUT2D eigenvalue weighted by Crippen LogP contribution is -2.46. The molecule has 216 valence electrons. The van der Waals surface area contributed by atoms with Crippen LogP contribution >= 0.6 is 0 Å². The average molecular weight is 539 g/mol. The van der Waals surface area contributed by atoms with Gasteiger partial charge in [-0.05, 0) is 32.1 Å². The molecular weight excluding hydrogens is 482 g/mol. The van der Waals surface area contributed by atoms with Crippen LogP contribution in [-0.4, -0.2) is 11.0 Å². The van der Waals surface area contributed by atoms with Crippen LogP contribution < -0.4 is 0 Å². The van der Waals surface area contributed by atoms with Crippen LogP contribution in [0.4, 0.5) is 0 Å². The number of allylic oxidation sites excluding steroid dienone is 2. The van der Waals surface area contributed by atoms with Crippen molar-refractivity contribution >= 4 is 0 Å². The van der Waals surface area contributed by atoms with Crippen LogP contribution in [0.3, 0.4) is 0 Å². The Balaban J connectivity index is 1.43. The smallest absolute Gasteiger partial charge is 0.105 e. The summed E-state index contributed by atoms with van der Waals surface area (Å²) in [5.41, 5.74) is 4.34. The highest BCUT2D eigenvalue weighted by Gasteiger charge is 2.28. The normalized spacial score (nSPS) is 11.8. The first kappa shape index (κ1) is 31.9. The van der Waals surface area contributed by atoms with Gasteiger partial charge in [-0.3, -0.25) is 0 Å². The highest BCUT2D eigenvalue weighted by Crippen LogP contribution is 2.26. The third-order valence-corrected chi connectivity index (χ3v) is 8.21. The van der Waals surface area contributed by atoms with E-state index in [0.29, 0.717) is 0 Å². The van der Waals surface area contributed by atoms with E-state index in [-0.39, 0.29) is 0 Å². The molecule has 0 radical (unpaired) electrons. The van der Waals surface area contributed by atoms with E-state index in [0.717, 1.165) is 24.1 Å². The van der Waals surface area contributed by atoms with Gasteiger partial charge in [-0.25, -0.2) is 0 Å². The molecule has 0 fully saturated rings. The van der Waals surface area contributed by atoms with Gasteiger partial charge in [-0.1, -0.05) is 168 Å². The van der Waals surface area contributed by atoms with Gasteiger partial charge in [-0.2, -0.15) is 0 Å². The topological polar surface area (TPSA) is 0 Å². The second kappa shape index (κ2) is 20.3. The Morgan fingerprint density at radius 3 is 1.18 bits per heavy atom. The predicted molar refractivity (Wildman–Crippen MR) is 175 cm³/mol. The Morgan fingerprint density at radius 2 is 0.775 bits per heavy atom. The van der Waals surface area contributed by atoms with Crippen LogP contribution in [0.5, 0.6) is 0 Å². The molecule has 40 heavy (non-hydrogen) atoms. The van der Waals surface area contributed by atoms with E-state index >= 15 is 0 Å². The molecule has 0 saturated carbocycles. The van der Waals surface area contributed by atoms with Crippen molar-refractivity contribution in [1.29, 1.82) is 0 Å². The maximum absolute atomic E-state index is 2.39. The molecule has 3 aromatic rings. The summed E-state index contributed by atoms with van der Waals surface area (Å²) in [6.07, 6.45) is 23.9. The molecule has 0 atom stereocenters. The van der Waals surface area contributed by atoms with Crippen LogP contribution in [0.1, 0.15) is 114 Å². The molecule has 1 nitrogen and oxygen atoms in total. The zero-order valence-electron chi connectivity index (χ0n) is 25.5. The second-order valence-electron chi connectivity index (χ2n) is 11.9. The number of unbranched alkanes of at least 4 members (excludes halogenated alkanes) is 12. The van der Waals surface area contributed by atoms with E-state index in [1.807, 2.05) is 0 Å². The highest BCUT2D eigenvalue weighted by molar-refractivity contribution is 5.17. The summed E-state index contributed by atoms with van der Waals surface area (Å²) in [5, 5.41) is 0. The Morgan fingerprint density at radius 1 is 0.425 bits per heavy atom. The Hall–Kier alpha value is -2.64. The SMILES string of the molecule is CCC/C=C/CCCCCCCCCCCCC[N+](Cc1ccccc1)(Cc1ccccc1)Cc1ccccc1. The molecule has 0 amide bonds. The number of hydrogen-bond donors (Lipinski definition) is 0. The molecule has 0 heterocycles. The fraction of sp³-hybridized carbons (Fsp3) is 0.487. The highest BCUT2D eigenvalue weighted by atomic mass is 15.3. The van der Waals surface area contributed by atoms with Gasteiger partial charge in [0.25, 0.3) is 0 Å². The first-order valence-corrected chi connectivity index (χ1v) is 16.4. The molecule has 0 aliphatic carbocycles. The van der Waals surface area contributed by atoms with Gasteiger partial charge in [0, 0.05) is 16.7 Å². The molecule has 0 saturated heterocycles. The molecule has 0 bridgehead atoms. The van der Waals surface area contributed by atoms with Crippen LogP contribution in [-0.2, 0) is 19.6 Å². The van der Waals surface area contributed by atoms with E-state index in [1.54, 1.807) is 0 Å². The molecule has 3 rings (SSSR count). The van der Waals surface area contributed by atoms with Crippen molar-refractivity contribution in [1.82, 2.24) is 0 Å². The Labute approximate surface area is 246 Å². The van der Waals surface area contributed by atoms with E-state index in [1.165, 1.54) is 113 Å². The van der Waals surface area contributed by atoms with E-state index in [2.05, 4.69) is 110 Å². The van der Waals surface area contributed by atoms with Gasteiger partial charge < -0.3 is 4.48 Å². The minimum absolute atomic E-state index is 1.08. The molecule has 3 aromatic carbocycles. The van der Waals surface area contributed by atoms with Crippen LogP contribution in [0.25, 0.3) is 0 Å². The lowest BCUT2D eigenvalue weighted by Gasteiger charge is -2.39. The van der Waals surface area contributed by atoms with Crippen molar-refractivity contribution in [2.75, 3.05) is 6.54 Å². The van der Waals surface area contributed by atoms with Crippen molar-refractivity contribution in [3.05, 3.63) is 120 Å². The van der Waals surface area contributed by atoms with E-state index < -0.39 is 0 Å². The maximum Gasteiger partial charge on any atom is 0.105 e. The third-order valence-electron chi connectivity index (χ3n) is 8.21. The maximum atomic E-state index is 2.39. The summed E-state index contributed by atoms with van der Waals surface area (Å²) in [7, 11) is 0. The minimum Gasteiger partial charge on any atom is -0.312 e. The molecule has 0 N–H and O–H groups in total. The zero-order chi connectivity index (χ0) is 28.0. The first-order chi connectivity index (χ1) is 19.8. The summed E-state index contributed by atoms with van der Waals surface area (Å²) in [5.74, 6) is 0. The van der Waals surface area contributed by atoms with Gasteiger partial charge in [0.15, 0.2) is 0 Å². The van der Waals surface area contributed by atoms with Gasteiger partial charge in [0.2, 0.25) is 0 Å². The van der Waals surface area contributed by atoms with Crippen molar-refractivity contribution < 1.29 is 4.48 Å². The second-order valence-corrected chi connectivity index (χ2v) is 11.9. The fourth-order valence-corrected chi connectivity index (χ4v) is 6.02. The summed E-state index contributed by atoms with van der Waals surface area (Å²) < 4.78 is 1.09. The van der Waals surface area contributed by atoms with Crippen LogP contribution in [0.15, 0.2) is 103 Å². The molecule has 0 aliphatic rings. The van der Waals surface area contributed by atoms with Gasteiger partial charge >= 0.3 is 0 Å².